The van der Waals surface area contributed by atoms with Gasteiger partial charge in [-0.25, -0.2) is 5.43 Å². The fourth-order valence-electron chi connectivity index (χ4n) is 2.24. The third-order valence-electron chi connectivity index (χ3n) is 3.24. The number of carbonyl (C=O) groups is 1. The van der Waals surface area contributed by atoms with Crippen LogP contribution >= 0.6 is 11.3 Å². The van der Waals surface area contributed by atoms with E-state index in [0.29, 0.717) is 6.42 Å². The molecule has 0 aliphatic rings. The molecule has 5 heteroatoms. The van der Waals surface area contributed by atoms with Crippen LogP contribution in [0.3, 0.4) is 0 Å². The molecule has 0 unspecified atom stereocenters. The van der Waals surface area contributed by atoms with Crippen LogP contribution in [-0.2, 0) is 11.2 Å². The van der Waals surface area contributed by atoms with Crippen molar-refractivity contribution in [3.63, 3.8) is 0 Å². The number of hydrogen-bond acceptors (Lipinski definition) is 3. The first-order valence-electron chi connectivity index (χ1n) is 6.65. The quantitative estimate of drug-likeness (QED) is 0.564. The first-order chi connectivity index (χ1) is 10.2. The van der Waals surface area contributed by atoms with Crippen molar-refractivity contribution in [3.05, 3.63) is 57.9 Å². The van der Waals surface area contributed by atoms with Gasteiger partial charge in [-0.1, -0.05) is 24.3 Å². The van der Waals surface area contributed by atoms with E-state index in [1.165, 1.54) is 0 Å². The number of rotatable bonds is 4. The molecule has 1 amide bonds. The number of hydrazone groups is 1. The van der Waals surface area contributed by atoms with Crippen LogP contribution in [-0.4, -0.2) is 17.1 Å². The number of aromatic amines is 1. The van der Waals surface area contributed by atoms with Gasteiger partial charge in [0.1, 0.15) is 0 Å². The molecular weight excluding hydrogens is 282 g/mol. The van der Waals surface area contributed by atoms with Gasteiger partial charge in [0, 0.05) is 27.0 Å². The zero-order valence-electron chi connectivity index (χ0n) is 11.6. The number of nitrogens with zero attached hydrogens (tertiary/aromatic N) is 1. The van der Waals surface area contributed by atoms with E-state index >= 15 is 0 Å². The summed E-state index contributed by atoms with van der Waals surface area (Å²) in [4.78, 5) is 16.1. The Morgan fingerprint density at radius 3 is 3.00 bits per heavy atom. The van der Waals surface area contributed by atoms with Crippen molar-refractivity contribution in [1.29, 1.82) is 0 Å². The Balaban J connectivity index is 1.70. The maximum absolute atomic E-state index is 11.8. The number of fused-ring (bicyclic) bond motifs is 1. The van der Waals surface area contributed by atoms with Crippen molar-refractivity contribution in [2.24, 2.45) is 5.10 Å². The largest absolute Gasteiger partial charge is 0.358 e. The van der Waals surface area contributed by atoms with Crippen LogP contribution in [0.15, 0.2) is 46.9 Å². The molecule has 0 aliphatic heterocycles. The van der Waals surface area contributed by atoms with E-state index in [1.807, 2.05) is 48.7 Å². The highest BCUT2D eigenvalue weighted by Gasteiger charge is 2.06. The molecular formula is C16H15N3OS. The SMILES string of the molecule is Cc1[nH]c2ccccc2c1/C=N\NC(=O)Cc1cccs1. The Morgan fingerprint density at radius 2 is 2.19 bits per heavy atom. The number of carbonyl (C=O) groups excluding carboxylic acids is 1. The second kappa shape index (κ2) is 5.93. The first kappa shape index (κ1) is 13.6. The molecule has 3 aromatic rings. The molecule has 0 bridgehead atoms. The number of H-pyrrole nitrogens is 1. The summed E-state index contributed by atoms with van der Waals surface area (Å²) < 4.78 is 0. The van der Waals surface area contributed by atoms with Crippen LogP contribution in [0.4, 0.5) is 0 Å². The number of aromatic nitrogens is 1. The standard InChI is InChI=1S/C16H15N3OS/c1-11-14(13-6-2-3-7-15(13)18-11)10-17-19-16(20)9-12-5-4-8-21-12/h2-8,10,18H,9H2,1H3,(H,19,20)/b17-10-. The zero-order chi connectivity index (χ0) is 14.7. The number of nitrogens with one attached hydrogen (secondary N) is 2. The van der Waals surface area contributed by atoms with Gasteiger partial charge in [0.25, 0.3) is 0 Å². The number of benzene rings is 1. The number of amides is 1. The summed E-state index contributed by atoms with van der Waals surface area (Å²) in [5, 5.41) is 7.13. The molecule has 2 heterocycles. The van der Waals surface area contributed by atoms with Crippen LogP contribution in [0.5, 0.6) is 0 Å². The predicted molar refractivity (Wildman–Crippen MR) is 86.8 cm³/mol. The molecule has 0 saturated heterocycles. The van der Waals surface area contributed by atoms with Crippen molar-refractivity contribution in [3.8, 4) is 0 Å². The molecule has 1 aromatic carbocycles. The van der Waals surface area contributed by atoms with Gasteiger partial charge >= 0.3 is 0 Å². The maximum atomic E-state index is 11.8. The summed E-state index contributed by atoms with van der Waals surface area (Å²) in [5.74, 6) is -0.105. The molecule has 106 valence electrons. The molecule has 2 N–H and O–H groups in total. The maximum Gasteiger partial charge on any atom is 0.245 e. The lowest BCUT2D eigenvalue weighted by atomic mass is 10.1. The lowest BCUT2D eigenvalue weighted by molar-refractivity contribution is -0.120. The Kier molecular flexibility index (Phi) is 3.83. The van der Waals surface area contributed by atoms with Gasteiger partial charge in [0.2, 0.25) is 5.91 Å². The van der Waals surface area contributed by atoms with Crippen LogP contribution in [0.2, 0.25) is 0 Å². The monoisotopic (exact) mass is 297 g/mol. The first-order valence-corrected chi connectivity index (χ1v) is 7.53. The van der Waals surface area contributed by atoms with Gasteiger partial charge in [0.05, 0.1) is 12.6 Å². The Bertz CT molecular complexity index is 787. The Labute approximate surface area is 126 Å². The van der Waals surface area contributed by atoms with E-state index in [9.17, 15) is 4.79 Å². The predicted octanol–water partition coefficient (Wildman–Crippen LogP) is 3.23. The molecule has 3 rings (SSSR count). The van der Waals surface area contributed by atoms with Crippen molar-refractivity contribution in [1.82, 2.24) is 10.4 Å². The molecule has 4 nitrogen and oxygen atoms in total. The Hall–Kier alpha value is -2.40. The van der Waals surface area contributed by atoms with Gasteiger partial charge in [-0.3, -0.25) is 4.79 Å². The number of para-hydroxylation sites is 1. The lowest BCUT2D eigenvalue weighted by Crippen LogP contribution is -2.19. The van der Waals surface area contributed by atoms with Gasteiger partial charge < -0.3 is 4.98 Å². The van der Waals surface area contributed by atoms with Crippen LogP contribution in [0.1, 0.15) is 16.1 Å². The summed E-state index contributed by atoms with van der Waals surface area (Å²) in [6, 6.07) is 11.9. The zero-order valence-corrected chi connectivity index (χ0v) is 12.4. The number of hydrogen-bond donors (Lipinski definition) is 2. The second-order valence-corrected chi connectivity index (χ2v) is 5.79. The van der Waals surface area contributed by atoms with Gasteiger partial charge in [-0.15, -0.1) is 11.3 Å². The average molecular weight is 297 g/mol. The Morgan fingerprint density at radius 1 is 1.33 bits per heavy atom. The van der Waals surface area contributed by atoms with Gasteiger partial charge in [0.15, 0.2) is 0 Å². The van der Waals surface area contributed by atoms with E-state index in [4.69, 9.17) is 0 Å². The van der Waals surface area contributed by atoms with E-state index in [-0.39, 0.29) is 5.91 Å². The fraction of sp³-hybridized carbons (Fsp3) is 0.125. The number of thiophene rings is 1. The minimum atomic E-state index is -0.105. The van der Waals surface area contributed by atoms with Crippen molar-refractivity contribution in [2.45, 2.75) is 13.3 Å². The second-order valence-electron chi connectivity index (χ2n) is 4.76. The third-order valence-corrected chi connectivity index (χ3v) is 4.12. The summed E-state index contributed by atoms with van der Waals surface area (Å²) >= 11 is 1.57. The van der Waals surface area contributed by atoms with Crippen molar-refractivity contribution < 1.29 is 4.79 Å². The molecule has 0 spiro atoms. The molecule has 2 aromatic heterocycles. The van der Waals surface area contributed by atoms with Crippen molar-refractivity contribution >= 4 is 34.4 Å². The topological polar surface area (TPSA) is 57.2 Å². The summed E-state index contributed by atoms with van der Waals surface area (Å²) in [5.41, 5.74) is 5.68. The average Bonchev–Trinajstić information content (AvgIpc) is 3.07. The molecule has 0 atom stereocenters. The third kappa shape index (κ3) is 3.03. The molecule has 0 aliphatic carbocycles. The highest BCUT2D eigenvalue weighted by atomic mass is 32.1. The van der Waals surface area contributed by atoms with Crippen LogP contribution < -0.4 is 5.43 Å². The number of aryl methyl sites for hydroxylation is 1. The molecule has 0 fully saturated rings. The summed E-state index contributed by atoms with van der Waals surface area (Å²) in [7, 11) is 0. The molecule has 0 radical (unpaired) electrons. The van der Waals surface area contributed by atoms with E-state index in [1.54, 1.807) is 17.6 Å². The lowest BCUT2D eigenvalue weighted by Gasteiger charge is -1.97. The minimum Gasteiger partial charge on any atom is -0.358 e. The van der Waals surface area contributed by atoms with Crippen LogP contribution in [0.25, 0.3) is 10.9 Å². The summed E-state index contributed by atoms with van der Waals surface area (Å²) in [6.45, 7) is 1.99. The molecule has 0 saturated carbocycles. The molecule has 21 heavy (non-hydrogen) atoms. The highest BCUT2D eigenvalue weighted by Crippen LogP contribution is 2.19. The van der Waals surface area contributed by atoms with E-state index < -0.39 is 0 Å². The van der Waals surface area contributed by atoms with E-state index in [2.05, 4.69) is 15.5 Å². The van der Waals surface area contributed by atoms with Gasteiger partial charge in [-0.05, 0) is 24.4 Å². The van der Waals surface area contributed by atoms with E-state index in [0.717, 1.165) is 27.0 Å². The van der Waals surface area contributed by atoms with Gasteiger partial charge in [-0.2, -0.15) is 5.10 Å². The minimum absolute atomic E-state index is 0.105. The summed E-state index contributed by atoms with van der Waals surface area (Å²) in [6.07, 6.45) is 2.06. The van der Waals surface area contributed by atoms with Crippen molar-refractivity contribution in [2.75, 3.05) is 0 Å². The smallest absolute Gasteiger partial charge is 0.245 e. The normalized spacial score (nSPS) is 11.3. The van der Waals surface area contributed by atoms with Crippen LogP contribution in [0, 0.1) is 6.92 Å². The highest BCUT2D eigenvalue weighted by molar-refractivity contribution is 7.10. The fourth-order valence-corrected chi connectivity index (χ4v) is 2.95.